The molecule has 0 amide bonds. The van der Waals surface area contributed by atoms with Crippen molar-refractivity contribution in [2.45, 2.75) is 19.4 Å². The molecular weight excluding hydrogens is 350 g/mol. The Morgan fingerprint density at radius 2 is 2.15 bits per heavy atom. The number of imidazole rings is 1. The van der Waals surface area contributed by atoms with Gasteiger partial charge >= 0.3 is 0 Å². The Balaban J connectivity index is 1.52. The lowest BCUT2D eigenvalue weighted by atomic mass is 10.2. The Bertz CT molecular complexity index is 977. The summed E-state index contributed by atoms with van der Waals surface area (Å²) in [5.74, 6) is 2.46. The van der Waals surface area contributed by atoms with Crippen molar-refractivity contribution in [3.8, 4) is 27.0 Å². The molecular formula is C17H17N7OS. The zero-order valence-corrected chi connectivity index (χ0v) is 15.0. The minimum Gasteiger partial charge on any atom is -0.496 e. The number of ether oxygens (including phenoxy) is 1. The summed E-state index contributed by atoms with van der Waals surface area (Å²) in [6.07, 6.45) is 7.33. The van der Waals surface area contributed by atoms with Crippen LogP contribution in [0.5, 0.6) is 5.75 Å². The monoisotopic (exact) mass is 367 g/mol. The van der Waals surface area contributed by atoms with E-state index in [-0.39, 0.29) is 0 Å². The van der Waals surface area contributed by atoms with Gasteiger partial charge in [0.1, 0.15) is 10.8 Å². The number of para-hydroxylation sites is 1. The summed E-state index contributed by atoms with van der Waals surface area (Å²) in [5.41, 5.74) is 0.987. The van der Waals surface area contributed by atoms with Crippen LogP contribution < -0.4 is 4.74 Å². The van der Waals surface area contributed by atoms with E-state index in [1.807, 2.05) is 42.9 Å². The number of nitrogens with one attached hydrogen (secondary N) is 1. The van der Waals surface area contributed by atoms with Crippen molar-refractivity contribution in [2.24, 2.45) is 0 Å². The summed E-state index contributed by atoms with van der Waals surface area (Å²) in [6, 6.07) is 7.89. The van der Waals surface area contributed by atoms with Crippen LogP contribution in [-0.2, 0) is 13.0 Å². The Labute approximate surface area is 153 Å². The highest BCUT2D eigenvalue weighted by Crippen LogP contribution is 2.35. The van der Waals surface area contributed by atoms with Crippen molar-refractivity contribution in [3.05, 3.63) is 48.7 Å². The van der Waals surface area contributed by atoms with E-state index in [1.54, 1.807) is 18.4 Å². The first-order valence-corrected chi connectivity index (χ1v) is 9.00. The average Bonchev–Trinajstić information content (AvgIpc) is 3.43. The molecule has 8 nitrogen and oxygen atoms in total. The fourth-order valence-electron chi connectivity index (χ4n) is 2.73. The van der Waals surface area contributed by atoms with Crippen LogP contribution in [0.25, 0.3) is 21.3 Å². The van der Waals surface area contributed by atoms with Gasteiger partial charge in [-0.15, -0.1) is 21.5 Å². The largest absolute Gasteiger partial charge is 0.496 e. The Morgan fingerprint density at radius 1 is 1.23 bits per heavy atom. The fourth-order valence-corrected chi connectivity index (χ4v) is 3.69. The predicted octanol–water partition coefficient (Wildman–Crippen LogP) is 2.83. The first-order valence-electron chi connectivity index (χ1n) is 8.18. The number of hydrogen-bond acceptors (Lipinski definition) is 7. The molecule has 3 aromatic heterocycles. The Hall–Kier alpha value is -3.07. The maximum atomic E-state index is 5.44. The van der Waals surface area contributed by atoms with Gasteiger partial charge in [0, 0.05) is 31.6 Å². The number of tetrazole rings is 1. The SMILES string of the molecule is COc1ccccc1-c1ncc(-c2nccn2CCCc2nn[nH]n2)s1. The molecule has 0 spiro atoms. The molecule has 1 aromatic carbocycles. The van der Waals surface area contributed by atoms with Gasteiger partial charge in [-0.2, -0.15) is 5.21 Å². The number of H-pyrrole nitrogens is 1. The lowest BCUT2D eigenvalue weighted by molar-refractivity contribution is 0.416. The van der Waals surface area contributed by atoms with Gasteiger partial charge in [-0.05, 0) is 18.6 Å². The molecule has 0 aliphatic rings. The highest BCUT2D eigenvalue weighted by atomic mass is 32.1. The quantitative estimate of drug-likeness (QED) is 0.540. The molecule has 0 saturated carbocycles. The van der Waals surface area contributed by atoms with Crippen molar-refractivity contribution >= 4 is 11.3 Å². The maximum Gasteiger partial charge on any atom is 0.174 e. The Kier molecular flexibility index (Phi) is 4.69. The lowest BCUT2D eigenvalue weighted by Crippen LogP contribution is -2.01. The third-order valence-corrected chi connectivity index (χ3v) is 4.99. The van der Waals surface area contributed by atoms with Crippen molar-refractivity contribution in [3.63, 3.8) is 0 Å². The number of hydrogen-bond donors (Lipinski definition) is 1. The standard InChI is InChI=1S/C17H17N7OS/c1-25-13-6-3-2-5-12(13)17-19-11-14(26-17)16-18-8-10-24(16)9-4-7-15-20-22-23-21-15/h2-3,5-6,8,10-11H,4,7,9H2,1H3,(H,20,21,22,23). The average molecular weight is 367 g/mol. The molecule has 4 aromatic rings. The second kappa shape index (κ2) is 7.44. The highest BCUT2D eigenvalue weighted by molar-refractivity contribution is 7.18. The summed E-state index contributed by atoms with van der Waals surface area (Å²) in [5, 5.41) is 14.9. The Morgan fingerprint density at radius 3 is 3.00 bits per heavy atom. The van der Waals surface area contributed by atoms with Crippen LogP contribution in [0.3, 0.4) is 0 Å². The summed E-state index contributed by atoms with van der Waals surface area (Å²) >= 11 is 1.60. The van der Waals surface area contributed by atoms with Crippen molar-refractivity contribution in [1.29, 1.82) is 0 Å². The van der Waals surface area contributed by atoms with Gasteiger partial charge in [-0.3, -0.25) is 0 Å². The lowest BCUT2D eigenvalue weighted by Gasteiger charge is -2.05. The van der Waals surface area contributed by atoms with Crippen molar-refractivity contribution < 1.29 is 4.74 Å². The van der Waals surface area contributed by atoms with E-state index in [0.717, 1.165) is 52.2 Å². The molecule has 132 valence electrons. The molecule has 0 saturated heterocycles. The topological polar surface area (TPSA) is 94.4 Å². The molecule has 0 fully saturated rings. The van der Waals surface area contributed by atoms with Crippen LogP contribution in [0.1, 0.15) is 12.2 Å². The molecule has 0 aliphatic heterocycles. The zero-order chi connectivity index (χ0) is 17.8. The molecule has 9 heteroatoms. The van der Waals surface area contributed by atoms with E-state index in [4.69, 9.17) is 4.74 Å². The molecule has 3 heterocycles. The van der Waals surface area contributed by atoms with Gasteiger partial charge in [-0.1, -0.05) is 17.3 Å². The molecule has 0 unspecified atom stereocenters. The highest BCUT2D eigenvalue weighted by Gasteiger charge is 2.14. The first kappa shape index (κ1) is 16.4. The maximum absolute atomic E-state index is 5.44. The summed E-state index contributed by atoms with van der Waals surface area (Å²) in [7, 11) is 1.67. The van der Waals surface area contributed by atoms with E-state index in [1.165, 1.54) is 0 Å². The van der Waals surface area contributed by atoms with E-state index in [9.17, 15) is 0 Å². The van der Waals surface area contributed by atoms with E-state index in [2.05, 4.69) is 35.2 Å². The third-order valence-electron chi connectivity index (χ3n) is 3.97. The molecule has 26 heavy (non-hydrogen) atoms. The third kappa shape index (κ3) is 3.33. The second-order valence-electron chi connectivity index (χ2n) is 5.61. The van der Waals surface area contributed by atoms with Gasteiger partial charge in [0.2, 0.25) is 0 Å². The van der Waals surface area contributed by atoms with Crippen LogP contribution in [-0.4, -0.2) is 42.3 Å². The summed E-state index contributed by atoms with van der Waals surface area (Å²) in [6.45, 7) is 0.825. The van der Waals surface area contributed by atoms with Gasteiger partial charge in [0.05, 0.1) is 17.6 Å². The molecule has 1 N–H and O–H groups in total. The fraction of sp³-hybridized carbons (Fsp3) is 0.235. The normalized spacial score (nSPS) is 11.0. The zero-order valence-electron chi connectivity index (χ0n) is 14.2. The summed E-state index contributed by atoms with van der Waals surface area (Å²) < 4.78 is 7.56. The number of rotatable bonds is 7. The van der Waals surface area contributed by atoms with Crippen LogP contribution in [0.4, 0.5) is 0 Å². The first-order chi connectivity index (χ1) is 12.8. The van der Waals surface area contributed by atoms with Gasteiger partial charge in [-0.25, -0.2) is 9.97 Å². The molecule has 0 atom stereocenters. The molecule has 0 radical (unpaired) electrons. The van der Waals surface area contributed by atoms with Crippen LogP contribution in [0, 0.1) is 0 Å². The second-order valence-corrected chi connectivity index (χ2v) is 6.64. The number of thiazole rings is 1. The van der Waals surface area contributed by atoms with Crippen LogP contribution >= 0.6 is 11.3 Å². The number of nitrogens with zero attached hydrogens (tertiary/aromatic N) is 6. The number of benzene rings is 1. The van der Waals surface area contributed by atoms with Crippen molar-refractivity contribution in [1.82, 2.24) is 35.2 Å². The van der Waals surface area contributed by atoms with E-state index >= 15 is 0 Å². The van der Waals surface area contributed by atoms with Crippen molar-refractivity contribution in [2.75, 3.05) is 7.11 Å². The van der Waals surface area contributed by atoms with Gasteiger partial charge in [0.25, 0.3) is 0 Å². The minimum atomic E-state index is 0.725. The molecule has 4 rings (SSSR count). The van der Waals surface area contributed by atoms with E-state index < -0.39 is 0 Å². The smallest absolute Gasteiger partial charge is 0.174 e. The summed E-state index contributed by atoms with van der Waals surface area (Å²) in [4.78, 5) is 10.1. The van der Waals surface area contributed by atoms with Gasteiger partial charge in [0.15, 0.2) is 11.6 Å². The predicted molar refractivity (Wildman–Crippen MR) is 97.8 cm³/mol. The number of aromatic amines is 1. The van der Waals surface area contributed by atoms with Gasteiger partial charge < -0.3 is 9.30 Å². The number of aromatic nitrogens is 7. The van der Waals surface area contributed by atoms with Crippen LogP contribution in [0.15, 0.2) is 42.9 Å². The number of methoxy groups -OCH3 is 1. The molecule has 0 bridgehead atoms. The molecule has 0 aliphatic carbocycles. The van der Waals surface area contributed by atoms with E-state index in [0.29, 0.717) is 0 Å². The minimum absolute atomic E-state index is 0.725. The van der Waals surface area contributed by atoms with Crippen LogP contribution in [0.2, 0.25) is 0 Å². The number of aryl methyl sites for hydroxylation is 2.